The van der Waals surface area contributed by atoms with Crippen molar-refractivity contribution >= 4 is 23.6 Å². The Hall–Kier alpha value is -2.26. The van der Waals surface area contributed by atoms with Crippen LogP contribution in [-0.2, 0) is 22.4 Å². The molecule has 0 saturated carbocycles. The third kappa shape index (κ3) is 5.87. The Bertz CT molecular complexity index is 772. The van der Waals surface area contributed by atoms with Crippen molar-refractivity contribution in [3.05, 3.63) is 34.3 Å². The molecule has 1 N–H and O–H groups in total. The highest BCUT2D eigenvalue weighted by molar-refractivity contribution is 6.30. The summed E-state index contributed by atoms with van der Waals surface area (Å²) in [5, 5.41) is 13.2. The Kier molecular flexibility index (Phi) is 6.95. The summed E-state index contributed by atoms with van der Waals surface area (Å²) < 4.78 is 5.38. The number of rotatable bonds is 4. The molecular weight excluding hydrogens is 378 g/mol. The van der Waals surface area contributed by atoms with Gasteiger partial charge in [0.15, 0.2) is 0 Å². The standard InChI is InChI=1S/C21H28ClN3O3/c1-5-15-12-17(22)7-6-16(15)13-18(26)24-21(14-23)8-10-25(11-9-21)19(27)28-20(2,3)4/h6-7,12H,5,8-11,13H2,1-4H3,(H,24,26). The van der Waals surface area contributed by atoms with Crippen LogP contribution in [0.3, 0.4) is 0 Å². The van der Waals surface area contributed by atoms with E-state index in [1.807, 2.05) is 39.8 Å². The molecule has 0 spiro atoms. The molecule has 0 bridgehead atoms. The second kappa shape index (κ2) is 8.83. The number of nitrogens with zero attached hydrogens (tertiary/aromatic N) is 2. The average Bonchev–Trinajstić information content (AvgIpc) is 2.62. The van der Waals surface area contributed by atoms with Gasteiger partial charge in [-0.25, -0.2) is 4.79 Å². The second-order valence-corrected chi connectivity index (χ2v) is 8.59. The van der Waals surface area contributed by atoms with Gasteiger partial charge in [-0.05, 0) is 50.5 Å². The highest BCUT2D eigenvalue weighted by Crippen LogP contribution is 2.24. The molecule has 1 aliphatic heterocycles. The molecule has 1 aromatic rings. The third-order valence-corrected chi connectivity index (χ3v) is 5.00. The molecule has 152 valence electrons. The van der Waals surface area contributed by atoms with Crippen LogP contribution in [0.2, 0.25) is 5.02 Å². The monoisotopic (exact) mass is 405 g/mol. The highest BCUT2D eigenvalue weighted by atomic mass is 35.5. The molecule has 0 atom stereocenters. The fraction of sp³-hybridized carbons (Fsp3) is 0.571. The zero-order chi connectivity index (χ0) is 20.9. The van der Waals surface area contributed by atoms with Crippen molar-refractivity contribution in [1.29, 1.82) is 5.26 Å². The summed E-state index contributed by atoms with van der Waals surface area (Å²) in [5.74, 6) is -0.204. The van der Waals surface area contributed by atoms with Crippen molar-refractivity contribution in [3.63, 3.8) is 0 Å². The van der Waals surface area contributed by atoms with E-state index in [1.54, 1.807) is 11.0 Å². The zero-order valence-electron chi connectivity index (χ0n) is 17.0. The number of carbonyl (C=O) groups excluding carboxylic acids is 2. The third-order valence-electron chi connectivity index (χ3n) is 4.76. The zero-order valence-corrected chi connectivity index (χ0v) is 17.7. The SMILES string of the molecule is CCc1cc(Cl)ccc1CC(=O)NC1(C#N)CCN(C(=O)OC(C)(C)C)CC1. The summed E-state index contributed by atoms with van der Waals surface area (Å²) >= 11 is 6.03. The van der Waals surface area contributed by atoms with Gasteiger partial charge >= 0.3 is 6.09 Å². The van der Waals surface area contributed by atoms with E-state index in [0.29, 0.717) is 31.0 Å². The minimum atomic E-state index is -0.964. The van der Waals surface area contributed by atoms with Crippen LogP contribution in [0.15, 0.2) is 18.2 Å². The number of aryl methyl sites for hydroxylation is 1. The summed E-state index contributed by atoms with van der Waals surface area (Å²) in [6.07, 6.45) is 1.32. The number of halogens is 1. The molecule has 1 aliphatic rings. The molecule has 0 radical (unpaired) electrons. The molecule has 2 amide bonds. The maximum atomic E-state index is 12.6. The molecule has 0 aliphatic carbocycles. The lowest BCUT2D eigenvalue weighted by Gasteiger charge is -2.38. The first-order valence-electron chi connectivity index (χ1n) is 9.55. The van der Waals surface area contributed by atoms with E-state index in [2.05, 4.69) is 11.4 Å². The van der Waals surface area contributed by atoms with Gasteiger partial charge in [-0.15, -0.1) is 0 Å². The summed E-state index contributed by atoms with van der Waals surface area (Å²) in [7, 11) is 0. The van der Waals surface area contributed by atoms with E-state index in [9.17, 15) is 14.9 Å². The number of likely N-dealkylation sites (tertiary alicyclic amines) is 1. The number of hydrogen-bond acceptors (Lipinski definition) is 4. The lowest BCUT2D eigenvalue weighted by molar-refractivity contribution is -0.122. The van der Waals surface area contributed by atoms with Gasteiger partial charge in [0.05, 0.1) is 12.5 Å². The topological polar surface area (TPSA) is 82.4 Å². The minimum absolute atomic E-state index is 0.194. The Balaban J connectivity index is 1.98. The number of amides is 2. The largest absolute Gasteiger partial charge is 0.444 e. The van der Waals surface area contributed by atoms with Crippen LogP contribution in [0, 0.1) is 11.3 Å². The molecule has 7 heteroatoms. The van der Waals surface area contributed by atoms with E-state index in [0.717, 1.165) is 17.5 Å². The fourth-order valence-electron chi connectivity index (χ4n) is 3.24. The molecular formula is C21H28ClN3O3. The van der Waals surface area contributed by atoms with Crippen LogP contribution in [-0.4, -0.2) is 41.1 Å². The maximum Gasteiger partial charge on any atom is 0.410 e. The van der Waals surface area contributed by atoms with Crippen molar-refractivity contribution in [1.82, 2.24) is 10.2 Å². The number of benzene rings is 1. The molecule has 6 nitrogen and oxygen atoms in total. The first-order valence-corrected chi connectivity index (χ1v) is 9.93. The van der Waals surface area contributed by atoms with E-state index in [-0.39, 0.29) is 18.4 Å². The van der Waals surface area contributed by atoms with Gasteiger partial charge in [0.2, 0.25) is 5.91 Å². The molecule has 1 heterocycles. The number of piperidine rings is 1. The number of nitrogens with one attached hydrogen (secondary N) is 1. The van der Waals surface area contributed by atoms with E-state index in [1.165, 1.54) is 0 Å². The van der Waals surface area contributed by atoms with Crippen LogP contribution in [0.25, 0.3) is 0 Å². The quantitative estimate of drug-likeness (QED) is 0.824. The van der Waals surface area contributed by atoms with Crippen molar-refractivity contribution in [2.45, 2.75) is 64.5 Å². The number of nitriles is 1. The predicted octanol–water partition coefficient (Wildman–Crippen LogP) is 3.85. The van der Waals surface area contributed by atoms with Crippen LogP contribution in [0.1, 0.15) is 51.7 Å². The van der Waals surface area contributed by atoms with Gasteiger partial charge < -0.3 is 15.0 Å². The summed E-state index contributed by atoms with van der Waals surface area (Å²) in [6.45, 7) is 8.19. The van der Waals surface area contributed by atoms with E-state index >= 15 is 0 Å². The van der Waals surface area contributed by atoms with Gasteiger partial charge in [0.25, 0.3) is 0 Å². The number of ether oxygens (including phenoxy) is 1. The summed E-state index contributed by atoms with van der Waals surface area (Å²) in [4.78, 5) is 26.4. The first kappa shape index (κ1) is 22.0. The fourth-order valence-corrected chi connectivity index (χ4v) is 3.44. The summed E-state index contributed by atoms with van der Waals surface area (Å²) in [6, 6.07) is 7.73. The maximum absolute atomic E-state index is 12.6. The molecule has 28 heavy (non-hydrogen) atoms. The van der Waals surface area contributed by atoms with E-state index < -0.39 is 11.1 Å². The summed E-state index contributed by atoms with van der Waals surface area (Å²) in [5.41, 5.74) is 0.399. The average molecular weight is 406 g/mol. The van der Waals surface area contributed by atoms with Gasteiger partial charge in [0.1, 0.15) is 11.1 Å². The normalized spacial score (nSPS) is 16.2. The van der Waals surface area contributed by atoms with Gasteiger partial charge in [-0.1, -0.05) is 24.6 Å². The smallest absolute Gasteiger partial charge is 0.410 e. The number of carbonyl (C=O) groups is 2. The van der Waals surface area contributed by atoms with Gasteiger partial charge in [0, 0.05) is 31.0 Å². The van der Waals surface area contributed by atoms with Crippen LogP contribution in [0.4, 0.5) is 4.79 Å². The van der Waals surface area contributed by atoms with Crippen LogP contribution in [0.5, 0.6) is 0 Å². The van der Waals surface area contributed by atoms with Crippen LogP contribution >= 0.6 is 11.6 Å². The minimum Gasteiger partial charge on any atom is -0.444 e. The molecule has 0 unspecified atom stereocenters. The number of hydrogen-bond donors (Lipinski definition) is 1. The molecule has 1 aromatic carbocycles. The van der Waals surface area contributed by atoms with Crippen molar-refractivity contribution in [3.8, 4) is 6.07 Å². The molecule has 2 rings (SSSR count). The lowest BCUT2D eigenvalue weighted by Crippen LogP contribution is -2.56. The highest BCUT2D eigenvalue weighted by Gasteiger charge is 2.38. The Labute approximate surface area is 171 Å². The Morgan fingerprint density at radius 2 is 1.93 bits per heavy atom. The van der Waals surface area contributed by atoms with Crippen molar-refractivity contribution < 1.29 is 14.3 Å². The first-order chi connectivity index (χ1) is 13.1. The molecule has 0 aromatic heterocycles. The van der Waals surface area contributed by atoms with Gasteiger partial charge in [-0.3, -0.25) is 4.79 Å². The van der Waals surface area contributed by atoms with E-state index in [4.69, 9.17) is 16.3 Å². The van der Waals surface area contributed by atoms with Crippen molar-refractivity contribution in [2.24, 2.45) is 0 Å². The van der Waals surface area contributed by atoms with Crippen molar-refractivity contribution in [2.75, 3.05) is 13.1 Å². The second-order valence-electron chi connectivity index (χ2n) is 8.15. The van der Waals surface area contributed by atoms with Crippen LogP contribution < -0.4 is 5.32 Å². The lowest BCUT2D eigenvalue weighted by atomic mass is 9.88. The Morgan fingerprint density at radius 1 is 1.29 bits per heavy atom. The predicted molar refractivity (Wildman–Crippen MR) is 108 cm³/mol. The Morgan fingerprint density at radius 3 is 2.46 bits per heavy atom. The van der Waals surface area contributed by atoms with Gasteiger partial charge in [-0.2, -0.15) is 5.26 Å². The molecule has 1 fully saturated rings. The molecule has 1 saturated heterocycles.